The van der Waals surface area contributed by atoms with Crippen LogP contribution in [0.15, 0.2) is 30.3 Å². The maximum atomic E-state index is 12.4. The third kappa shape index (κ3) is 6.15. The summed E-state index contributed by atoms with van der Waals surface area (Å²) < 4.78 is 10.7. The fourth-order valence-electron chi connectivity index (χ4n) is 2.96. The molecule has 9 heteroatoms. The lowest BCUT2D eigenvalue weighted by Gasteiger charge is -2.27. The van der Waals surface area contributed by atoms with Gasteiger partial charge in [-0.1, -0.05) is 41.7 Å². The average Bonchev–Trinajstić information content (AvgIpc) is 3.33. The van der Waals surface area contributed by atoms with Gasteiger partial charge in [-0.15, -0.1) is 10.2 Å². The summed E-state index contributed by atoms with van der Waals surface area (Å²) in [5.41, 5.74) is 0.380. The fourth-order valence-corrected chi connectivity index (χ4v) is 3.89. The number of nitrogens with zero attached hydrogens (tertiary/aromatic N) is 3. The number of benzene rings is 1. The molecule has 1 unspecified atom stereocenters. The van der Waals surface area contributed by atoms with E-state index in [2.05, 4.69) is 15.5 Å². The number of hydrogen-bond acceptors (Lipinski definition) is 7. The van der Waals surface area contributed by atoms with E-state index in [1.165, 1.54) is 11.3 Å². The van der Waals surface area contributed by atoms with Crippen molar-refractivity contribution in [2.24, 2.45) is 0 Å². The lowest BCUT2D eigenvalue weighted by atomic mass is 10.2. The molecule has 1 N–H and O–H groups in total. The number of hydrogen-bond donors (Lipinski definition) is 1. The minimum atomic E-state index is -0.541. The van der Waals surface area contributed by atoms with Gasteiger partial charge < -0.3 is 14.8 Å². The molecule has 156 valence electrons. The zero-order valence-corrected chi connectivity index (χ0v) is 17.7. The van der Waals surface area contributed by atoms with Crippen LogP contribution in [0.5, 0.6) is 0 Å². The average molecular weight is 419 g/mol. The molecule has 0 saturated carbocycles. The summed E-state index contributed by atoms with van der Waals surface area (Å²) in [4.78, 5) is 26.0. The van der Waals surface area contributed by atoms with Gasteiger partial charge in [-0.3, -0.25) is 4.90 Å². The number of amides is 2. The predicted octanol–water partition coefficient (Wildman–Crippen LogP) is 4.04. The van der Waals surface area contributed by atoms with Gasteiger partial charge in [0.05, 0.1) is 12.6 Å². The second-order valence-corrected chi connectivity index (χ2v) is 8.87. The van der Waals surface area contributed by atoms with Gasteiger partial charge in [0.1, 0.15) is 22.2 Å². The molecule has 1 atom stereocenters. The van der Waals surface area contributed by atoms with E-state index in [1.54, 1.807) is 4.90 Å². The van der Waals surface area contributed by atoms with E-state index in [0.29, 0.717) is 11.6 Å². The molecule has 1 aromatic heterocycles. The van der Waals surface area contributed by atoms with Gasteiger partial charge in [0.2, 0.25) is 0 Å². The SMILES string of the molecule is CC(C)(C)OC(=O)N1CCCC1c1nnc(CNC(=O)OCc2ccccc2)s1. The highest BCUT2D eigenvalue weighted by Crippen LogP contribution is 2.34. The Bertz CT molecular complexity index is 835. The summed E-state index contributed by atoms with van der Waals surface area (Å²) >= 11 is 1.38. The summed E-state index contributed by atoms with van der Waals surface area (Å²) in [5, 5.41) is 12.5. The van der Waals surface area contributed by atoms with Gasteiger partial charge in [-0.25, -0.2) is 9.59 Å². The van der Waals surface area contributed by atoms with E-state index in [-0.39, 0.29) is 25.3 Å². The van der Waals surface area contributed by atoms with Crippen molar-refractivity contribution in [3.63, 3.8) is 0 Å². The van der Waals surface area contributed by atoms with E-state index in [9.17, 15) is 9.59 Å². The van der Waals surface area contributed by atoms with Gasteiger partial charge in [0, 0.05) is 6.54 Å². The number of alkyl carbamates (subject to hydrolysis) is 1. The summed E-state index contributed by atoms with van der Waals surface area (Å²) in [5.74, 6) is 0. The summed E-state index contributed by atoms with van der Waals surface area (Å²) in [6.07, 6.45) is 0.866. The molecular formula is C20H26N4O4S. The largest absolute Gasteiger partial charge is 0.445 e. The van der Waals surface area contributed by atoms with Gasteiger partial charge >= 0.3 is 12.2 Å². The molecule has 1 aliphatic heterocycles. The maximum absolute atomic E-state index is 12.4. The van der Waals surface area contributed by atoms with Crippen molar-refractivity contribution in [1.29, 1.82) is 0 Å². The minimum Gasteiger partial charge on any atom is -0.445 e. The number of carbonyl (C=O) groups is 2. The number of rotatable bonds is 5. The maximum Gasteiger partial charge on any atom is 0.410 e. The van der Waals surface area contributed by atoms with Crippen LogP contribution in [0.3, 0.4) is 0 Å². The van der Waals surface area contributed by atoms with E-state index in [1.807, 2.05) is 51.1 Å². The molecule has 1 saturated heterocycles. The summed E-state index contributed by atoms with van der Waals surface area (Å²) in [6, 6.07) is 9.34. The highest BCUT2D eigenvalue weighted by Gasteiger charge is 2.35. The molecule has 2 aromatic rings. The monoisotopic (exact) mass is 418 g/mol. The molecular weight excluding hydrogens is 392 g/mol. The van der Waals surface area contributed by atoms with Crippen LogP contribution in [-0.4, -0.2) is 39.4 Å². The third-order valence-electron chi connectivity index (χ3n) is 4.25. The van der Waals surface area contributed by atoms with Gasteiger partial charge in [-0.2, -0.15) is 0 Å². The number of nitrogens with one attached hydrogen (secondary N) is 1. The van der Waals surface area contributed by atoms with Crippen LogP contribution in [0.1, 0.15) is 55.2 Å². The molecule has 0 bridgehead atoms. The number of aromatic nitrogens is 2. The van der Waals surface area contributed by atoms with E-state index in [4.69, 9.17) is 9.47 Å². The molecule has 1 fully saturated rings. The first-order valence-electron chi connectivity index (χ1n) is 9.58. The molecule has 0 aliphatic carbocycles. The third-order valence-corrected chi connectivity index (χ3v) is 5.27. The van der Waals surface area contributed by atoms with Crippen molar-refractivity contribution in [1.82, 2.24) is 20.4 Å². The smallest absolute Gasteiger partial charge is 0.410 e. The fraction of sp³-hybridized carbons (Fsp3) is 0.500. The van der Waals surface area contributed by atoms with Crippen molar-refractivity contribution in [2.45, 2.75) is 58.4 Å². The highest BCUT2D eigenvalue weighted by molar-refractivity contribution is 7.11. The van der Waals surface area contributed by atoms with Crippen LogP contribution in [0.4, 0.5) is 9.59 Å². The molecule has 2 amide bonds. The summed E-state index contributed by atoms with van der Waals surface area (Å²) in [7, 11) is 0. The van der Waals surface area contributed by atoms with Gasteiger partial charge in [0.25, 0.3) is 0 Å². The Labute approximate surface area is 174 Å². The Morgan fingerprint density at radius 3 is 2.72 bits per heavy atom. The zero-order chi connectivity index (χ0) is 20.9. The molecule has 1 aliphatic rings. The first kappa shape index (κ1) is 21.0. The van der Waals surface area contributed by atoms with Crippen LogP contribution >= 0.6 is 11.3 Å². The Kier molecular flexibility index (Phi) is 6.68. The molecule has 0 spiro atoms. The predicted molar refractivity (Wildman–Crippen MR) is 108 cm³/mol. The number of carbonyl (C=O) groups excluding carboxylic acids is 2. The van der Waals surface area contributed by atoms with E-state index >= 15 is 0 Å². The van der Waals surface area contributed by atoms with Crippen molar-refractivity contribution in [2.75, 3.05) is 6.54 Å². The number of likely N-dealkylation sites (tertiary alicyclic amines) is 1. The van der Waals surface area contributed by atoms with Crippen LogP contribution in [0.2, 0.25) is 0 Å². The first-order chi connectivity index (χ1) is 13.8. The lowest BCUT2D eigenvalue weighted by Crippen LogP contribution is -2.36. The van der Waals surface area contributed by atoms with Crippen molar-refractivity contribution in [3.8, 4) is 0 Å². The quantitative estimate of drug-likeness (QED) is 0.788. The van der Waals surface area contributed by atoms with E-state index < -0.39 is 11.7 Å². The molecule has 0 radical (unpaired) electrons. The highest BCUT2D eigenvalue weighted by atomic mass is 32.1. The van der Waals surface area contributed by atoms with Crippen LogP contribution in [-0.2, 0) is 22.6 Å². The van der Waals surface area contributed by atoms with E-state index in [0.717, 1.165) is 23.4 Å². The normalized spacial score (nSPS) is 16.5. The van der Waals surface area contributed by atoms with Gasteiger partial charge in [0.15, 0.2) is 0 Å². The second kappa shape index (κ2) is 9.21. The van der Waals surface area contributed by atoms with Crippen LogP contribution < -0.4 is 5.32 Å². The molecule has 8 nitrogen and oxygen atoms in total. The Morgan fingerprint density at radius 2 is 2.00 bits per heavy atom. The summed E-state index contributed by atoms with van der Waals surface area (Å²) in [6.45, 7) is 6.62. The molecule has 3 rings (SSSR count). The molecule has 29 heavy (non-hydrogen) atoms. The Balaban J connectivity index is 1.50. The first-order valence-corrected chi connectivity index (χ1v) is 10.4. The Hall–Kier alpha value is -2.68. The van der Waals surface area contributed by atoms with Gasteiger partial charge in [-0.05, 0) is 39.2 Å². The van der Waals surface area contributed by atoms with Crippen molar-refractivity contribution < 1.29 is 19.1 Å². The van der Waals surface area contributed by atoms with Crippen molar-refractivity contribution >= 4 is 23.5 Å². The minimum absolute atomic E-state index is 0.138. The lowest BCUT2D eigenvalue weighted by molar-refractivity contribution is 0.0224. The molecule has 2 heterocycles. The molecule has 1 aromatic carbocycles. The standard InChI is InChI=1S/C20H26N4O4S/c1-20(2,3)28-19(26)24-11-7-10-15(24)17-23-22-16(29-17)12-21-18(25)27-13-14-8-5-4-6-9-14/h4-6,8-9,15H,7,10-13H2,1-3H3,(H,21,25). The van der Waals surface area contributed by atoms with Crippen LogP contribution in [0.25, 0.3) is 0 Å². The zero-order valence-electron chi connectivity index (χ0n) is 16.9. The van der Waals surface area contributed by atoms with Crippen molar-refractivity contribution in [3.05, 3.63) is 45.9 Å². The second-order valence-electron chi connectivity index (χ2n) is 7.78. The Morgan fingerprint density at radius 1 is 1.24 bits per heavy atom. The topological polar surface area (TPSA) is 93.6 Å². The van der Waals surface area contributed by atoms with Crippen LogP contribution in [0, 0.1) is 0 Å². The number of ether oxygens (including phenoxy) is 2.